The molecule has 4 aliphatic rings. The maximum Gasteiger partial charge on any atom is 0.416 e. The summed E-state index contributed by atoms with van der Waals surface area (Å²) in [4.78, 5) is 34.1. The Labute approximate surface area is 540 Å². The maximum absolute atomic E-state index is 13.5. The van der Waals surface area contributed by atoms with E-state index >= 15 is 0 Å². The third-order valence-corrected chi connectivity index (χ3v) is 18.8. The van der Waals surface area contributed by atoms with Crippen LogP contribution in [-0.4, -0.2) is 89.2 Å². The van der Waals surface area contributed by atoms with Gasteiger partial charge in [0.05, 0.1) is 42.3 Å². The van der Waals surface area contributed by atoms with Crippen LogP contribution >= 0.6 is 71.2 Å². The number of nitrogens with zero attached hydrogens (tertiary/aromatic N) is 4. The van der Waals surface area contributed by atoms with Crippen molar-refractivity contribution in [3.63, 3.8) is 0 Å². The smallest absolute Gasteiger partial charge is 0.412 e. The third kappa shape index (κ3) is 18.2. The largest absolute Gasteiger partial charge is 0.416 e. The van der Waals surface area contributed by atoms with E-state index in [9.17, 15) is 62.3 Å². The van der Waals surface area contributed by atoms with Crippen molar-refractivity contribution in [2.24, 2.45) is 0 Å². The van der Waals surface area contributed by atoms with E-state index in [-0.39, 0.29) is 104 Å². The van der Waals surface area contributed by atoms with Gasteiger partial charge in [0.15, 0.2) is 0 Å². The Hall–Kier alpha value is -4.96. The first kappa shape index (κ1) is 73.1. The lowest BCUT2D eigenvalue weighted by atomic mass is 9.76. The third-order valence-electron chi connectivity index (χ3n) is 17.3. The minimum Gasteiger partial charge on any atom is -0.412 e. The Morgan fingerprint density at radius 3 is 1.00 bits per heavy atom. The van der Waals surface area contributed by atoms with Gasteiger partial charge in [-0.05, 0) is 184 Å². The van der Waals surface area contributed by atoms with E-state index in [1.54, 1.807) is 36.4 Å². The van der Waals surface area contributed by atoms with Gasteiger partial charge in [0, 0.05) is 49.9 Å². The molecule has 4 aliphatic heterocycles. The van der Waals surface area contributed by atoms with Crippen LogP contribution in [0.25, 0.3) is 0 Å². The molecule has 10 rings (SSSR count). The minimum atomic E-state index is -4.97. The average molecular weight is 1380 g/mol. The zero-order valence-electron chi connectivity index (χ0n) is 47.6. The molecule has 6 aromatic carbocycles. The molecule has 7 nitrogen and oxygen atoms in total. The first-order valence-corrected chi connectivity index (χ1v) is 29.6. The number of amides is 2. The molecule has 2 N–H and O–H groups in total. The Balaban J connectivity index is 0.000000274. The number of carbonyl (C=O) groups excluding carboxylic acids is 2. The molecule has 4 heterocycles. The Morgan fingerprint density at radius 1 is 0.416 bits per heavy atom. The number of carbonyl (C=O) groups is 2. The summed E-state index contributed by atoms with van der Waals surface area (Å²) in [6.45, 7) is 4.34. The molecule has 89 heavy (non-hydrogen) atoms. The van der Waals surface area contributed by atoms with Gasteiger partial charge in [0.2, 0.25) is 11.8 Å². The molecule has 484 valence electrons. The number of alkyl halides is 12. The molecular formula is C64H64Cl6F12N4O3. The highest BCUT2D eigenvalue weighted by Gasteiger charge is 2.48. The number of likely N-dealkylation sites (tertiary alicyclic amines) is 4. The highest BCUT2D eigenvalue weighted by atomic mass is 35.5. The molecule has 0 aliphatic carbocycles. The van der Waals surface area contributed by atoms with Crippen LogP contribution in [0.15, 0.2) is 133 Å². The topological polar surface area (TPSA) is 78.6 Å². The van der Waals surface area contributed by atoms with Crippen LogP contribution in [0.5, 0.6) is 0 Å². The Morgan fingerprint density at radius 2 is 0.719 bits per heavy atom. The van der Waals surface area contributed by atoms with Crippen molar-refractivity contribution in [2.75, 3.05) is 52.4 Å². The molecule has 4 saturated heterocycles. The number of piperidine rings is 2. The predicted molar refractivity (Wildman–Crippen MR) is 326 cm³/mol. The van der Waals surface area contributed by atoms with Gasteiger partial charge in [-0.2, -0.15) is 52.7 Å². The van der Waals surface area contributed by atoms with E-state index in [0.717, 1.165) is 63.0 Å². The van der Waals surface area contributed by atoms with Gasteiger partial charge in [0.1, 0.15) is 0 Å². The molecule has 6 aromatic rings. The van der Waals surface area contributed by atoms with Crippen molar-refractivity contribution in [1.82, 2.24) is 19.6 Å². The molecule has 0 saturated carbocycles. The summed E-state index contributed by atoms with van der Waals surface area (Å²) >= 11 is 25.0. The van der Waals surface area contributed by atoms with E-state index in [4.69, 9.17) is 46.4 Å². The maximum atomic E-state index is 13.5. The summed E-state index contributed by atoms with van der Waals surface area (Å²) in [7, 11) is 0. The summed E-state index contributed by atoms with van der Waals surface area (Å²) in [6.07, 6.45) is -14.7. The number of hydrogen-bond acceptors (Lipinski definition) is 4. The van der Waals surface area contributed by atoms with E-state index < -0.39 is 57.8 Å². The molecule has 2 atom stereocenters. The van der Waals surface area contributed by atoms with Gasteiger partial charge in [-0.15, -0.1) is 24.8 Å². The van der Waals surface area contributed by atoms with Crippen LogP contribution in [0.4, 0.5) is 52.7 Å². The molecule has 25 heteroatoms. The van der Waals surface area contributed by atoms with E-state index in [0.29, 0.717) is 82.1 Å². The van der Waals surface area contributed by atoms with Gasteiger partial charge in [-0.3, -0.25) is 9.59 Å². The predicted octanol–water partition coefficient (Wildman–Crippen LogP) is 18.0. The Bertz CT molecular complexity index is 3080. The van der Waals surface area contributed by atoms with Crippen LogP contribution in [0.3, 0.4) is 0 Å². The summed E-state index contributed by atoms with van der Waals surface area (Å²) in [5.41, 5.74) is -3.41. The Kier molecular flexibility index (Phi) is 24.4. The SMILES string of the molecule is Cl.Cl.O.O=C1CC(CCN2CCC(c3ccccc3)CC2)(c2ccc(Cl)c(Cl)c2)CN1Cc1cc(C(F)(F)F)cc(C(F)(F)F)c1.O=C1CC(CCN2CCC(c3ccccc3)CC2)(c2ccc(Cl)c(Cl)c2)CN1Cc1cc(C(F)(F)F)cc(C(F)(F)F)c1. The van der Waals surface area contributed by atoms with Crippen molar-refractivity contribution in [1.29, 1.82) is 0 Å². The number of benzene rings is 6. The van der Waals surface area contributed by atoms with Gasteiger partial charge in [0.25, 0.3) is 0 Å². The quantitative estimate of drug-likeness (QED) is 0.102. The molecule has 0 aromatic heterocycles. The number of halogens is 18. The van der Waals surface area contributed by atoms with Crippen LogP contribution in [-0.2, 0) is 58.2 Å². The van der Waals surface area contributed by atoms with E-state index in [2.05, 4.69) is 34.1 Å². The van der Waals surface area contributed by atoms with Crippen LogP contribution in [0.1, 0.15) is 119 Å². The average Bonchev–Trinajstić information content (AvgIpc) is 2.18. The molecule has 4 fully saturated rings. The second kappa shape index (κ2) is 29.8. The fourth-order valence-electron chi connectivity index (χ4n) is 12.6. The zero-order valence-corrected chi connectivity index (χ0v) is 52.2. The lowest BCUT2D eigenvalue weighted by Crippen LogP contribution is -2.39. The van der Waals surface area contributed by atoms with Gasteiger partial charge in [-0.25, -0.2) is 0 Å². The lowest BCUT2D eigenvalue weighted by Gasteiger charge is -2.36. The highest BCUT2D eigenvalue weighted by molar-refractivity contribution is 6.42. The van der Waals surface area contributed by atoms with Crippen molar-refractivity contribution in [2.45, 2.75) is 112 Å². The van der Waals surface area contributed by atoms with Gasteiger partial charge >= 0.3 is 24.7 Å². The fraction of sp³-hybridized carbons (Fsp3) is 0.406. The monoisotopic (exact) mass is 1370 g/mol. The van der Waals surface area contributed by atoms with E-state index in [1.807, 2.05) is 36.4 Å². The molecule has 0 spiro atoms. The first-order valence-electron chi connectivity index (χ1n) is 28.0. The summed E-state index contributed by atoms with van der Waals surface area (Å²) in [5.74, 6) is 0.248. The van der Waals surface area contributed by atoms with Crippen LogP contribution in [0, 0.1) is 0 Å². The second-order valence-corrected chi connectivity index (χ2v) is 24.7. The zero-order chi connectivity index (χ0) is 62.0. The molecule has 0 bridgehead atoms. The van der Waals surface area contributed by atoms with Crippen LogP contribution in [0.2, 0.25) is 20.1 Å². The summed E-state index contributed by atoms with van der Waals surface area (Å²) in [6, 6.07) is 33.9. The van der Waals surface area contributed by atoms with Crippen molar-refractivity contribution in [3.8, 4) is 0 Å². The van der Waals surface area contributed by atoms with E-state index in [1.165, 1.54) is 20.9 Å². The normalized spacial score (nSPS) is 20.0. The fourth-order valence-corrected chi connectivity index (χ4v) is 13.2. The van der Waals surface area contributed by atoms with Crippen LogP contribution < -0.4 is 0 Å². The molecule has 0 radical (unpaired) electrons. The lowest BCUT2D eigenvalue weighted by molar-refractivity contribution is -0.144. The highest BCUT2D eigenvalue weighted by Crippen LogP contribution is 2.46. The summed E-state index contributed by atoms with van der Waals surface area (Å²) < 4.78 is 162. The molecule has 2 amide bonds. The van der Waals surface area contributed by atoms with Crippen molar-refractivity contribution in [3.05, 3.63) is 209 Å². The number of rotatable bonds is 14. The van der Waals surface area contributed by atoms with Crippen molar-refractivity contribution < 1.29 is 67.8 Å². The summed E-state index contributed by atoms with van der Waals surface area (Å²) in [5, 5.41) is 1.29. The van der Waals surface area contributed by atoms with Crippen molar-refractivity contribution >= 4 is 83.0 Å². The van der Waals surface area contributed by atoms with Gasteiger partial charge < -0.3 is 25.1 Å². The molecular weight excluding hydrogens is 1310 g/mol. The second-order valence-electron chi connectivity index (χ2n) is 23.1. The standard InChI is InChI=1S/2C32H30Cl2F6N2O.2ClH.H2O/c2*33-27-7-6-24(17-28(27)34)30(10-13-41-11-8-23(9-12-41)22-4-2-1-3-5-22)18-29(43)42(20-30)19-21-14-25(31(35,36)37)16-26(15-21)32(38,39)40;;;/h2*1-7,14-17,23H,8-13,18-20H2;2*1H;1H2. The minimum absolute atomic E-state index is 0. The van der Waals surface area contributed by atoms with Gasteiger partial charge in [-0.1, -0.05) is 119 Å². The number of hydrogen-bond donors (Lipinski definition) is 0. The first-order chi connectivity index (χ1) is 40.5. The molecule has 2 unspecified atom stereocenters.